The quantitative estimate of drug-likeness (QED) is 0.792. The lowest BCUT2D eigenvalue weighted by Crippen LogP contribution is -2.49. The smallest absolute Gasteiger partial charge is 0.409 e. The van der Waals surface area contributed by atoms with Gasteiger partial charge in [-0.25, -0.2) is 9.78 Å². The average molecular weight is 355 g/mol. The van der Waals surface area contributed by atoms with E-state index in [1.165, 1.54) is 4.88 Å². The van der Waals surface area contributed by atoms with Gasteiger partial charge in [-0.1, -0.05) is 6.92 Å². The van der Waals surface area contributed by atoms with Gasteiger partial charge in [0.2, 0.25) is 5.28 Å². The number of aromatic nitrogens is 2. The number of rotatable bonds is 3. The lowest BCUT2D eigenvalue weighted by molar-refractivity contribution is 0.105. The molecular formula is C15H19ClN4O2S. The van der Waals surface area contributed by atoms with Gasteiger partial charge in [0.1, 0.15) is 10.6 Å². The van der Waals surface area contributed by atoms with Crippen LogP contribution in [0, 0.1) is 0 Å². The summed E-state index contributed by atoms with van der Waals surface area (Å²) in [6.07, 6.45) is 0.719. The first kappa shape index (κ1) is 16.3. The number of amides is 1. The molecule has 124 valence electrons. The fourth-order valence-electron chi connectivity index (χ4n) is 2.66. The Hall–Kier alpha value is -1.60. The predicted octanol–water partition coefficient (Wildman–Crippen LogP) is 3.19. The fraction of sp³-hybridized carbons (Fsp3) is 0.533. The molecule has 0 aromatic carbocycles. The summed E-state index contributed by atoms with van der Waals surface area (Å²) in [7, 11) is 0. The number of fused-ring (bicyclic) bond motifs is 1. The summed E-state index contributed by atoms with van der Waals surface area (Å²) in [6, 6.07) is 2.14. The van der Waals surface area contributed by atoms with Gasteiger partial charge in [-0.05, 0) is 31.0 Å². The Morgan fingerprint density at radius 2 is 2.04 bits per heavy atom. The summed E-state index contributed by atoms with van der Waals surface area (Å²) in [5, 5.41) is 1.31. The average Bonchev–Trinajstić information content (AvgIpc) is 2.97. The minimum Gasteiger partial charge on any atom is -0.450 e. The van der Waals surface area contributed by atoms with E-state index in [4.69, 9.17) is 16.3 Å². The van der Waals surface area contributed by atoms with E-state index < -0.39 is 0 Å². The van der Waals surface area contributed by atoms with Gasteiger partial charge < -0.3 is 14.5 Å². The highest BCUT2D eigenvalue weighted by atomic mass is 35.5. The van der Waals surface area contributed by atoms with Crippen LogP contribution < -0.4 is 4.90 Å². The molecule has 0 radical (unpaired) electrons. The standard InChI is InChI=1S/C15H19ClN4O2S/c1-3-10-9-11-12(17-14(16)18-13(11)23-10)19-5-7-20(8-6-19)15(21)22-4-2/h9H,3-8H2,1-2H3. The van der Waals surface area contributed by atoms with E-state index in [1.54, 1.807) is 16.2 Å². The van der Waals surface area contributed by atoms with Crippen molar-refractivity contribution in [3.8, 4) is 0 Å². The van der Waals surface area contributed by atoms with Crippen LogP contribution in [-0.2, 0) is 11.2 Å². The predicted molar refractivity (Wildman–Crippen MR) is 92.6 cm³/mol. The number of ether oxygens (including phenoxy) is 1. The number of hydrogen-bond acceptors (Lipinski definition) is 6. The van der Waals surface area contributed by atoms with Crippen molar-refractivity contribution in [1.82, 2.24) is 14.9 Å². The second-order valence-corrected chi connectivity index (χ2v) is 6.73. The van der Waals surface area contributed by atoms with E-state index in [-0.39, 0.29) is 11.4 Å². The molecule has 1 aliphatic rings. The van der Waals surface area contributed by atoms with E-state index >= 15 is 0 Å². The number of hydrogen-bond donors (Lipinski definition) is 0. The molecule has 1 fully saturated rings. The summed E-state index contributed by atoms with van der Waals surface area (Å²) in [5.41, 5.74) is 0. The van der Waals surface area contributed by atoms with Gasteiger partial charge in [-0.2, -0.15) is 4.98 Å². The summed E-state index contributed by atoms with van der Waals surface area (Å²) in [4.78, 5) is 26.6. The molecule has 3 rings (SSSR count). The van der Waals surface area contributed by atoms with Crippen molar-refractivity contribution in [2.75, 3.05) is 37.7 Å². The number of piperazine rings is 1. The number of carbonyl (C=O) groups excluding carboxylic acids is 1. The highest BCUT2D eigenvalue weighted by Crippen LogP contribution is 2.32. The zero-order chi connectivity index (χ0) is 16.4. The van der Waals surface area contributed by atoms with Crippen LogP contribution in [0.2, 0.25) is 5.28 Å². The third-order valence-corrected chi connectivity index (χ3v) is 5.19. The number of carbonyl (C=O) groups is 1. The minimum absolute atomic E-state index is 0.248. The van der Waals surface area contributed by atoms with Crippen molar-refractivity contribution in [2.24, 2.45) is 0 Å². The van der Waals surface area contributed by atoms with E-state index in [9.17, 15) is 4.79 Å². The molecule has 6 nitrogen and oxygen atoms in total. The number of nitrogens with zero attached hydrogens (tertiary/aromatic N) is 4. The molecule has 1 aliphatic heterocycles. The van der Waals surface area contributed by atoms with Gasteiger partial charge in [0, 0.05) is 31.1 Å². The third kappa shape index (κ3) is 3.35. The normalized spacial score (nSPS) is 15.3. The van der Waals surface area contributed by atoms with Crippen LogP contribution in [0.4, 0.5) is 10.6 Å². The second kappa shape index (κ2) is 6.88. The molecule has 0 saturated carbocycles. The molecule has 2 aromatic heterocycles. The maximum atomic E-state index is 11.8. The summed E-state index contributed by atoms with van der Waals surface area (Å²) in [6.45, 7) is 6.99. The minimum atomic E-state index is -0.248. The van der Waals surface area contributed by atoms with Gasteiger partial charge in [0.15, 0.2) is 0 Å². The van der Waals surface area contributed by atoms with E-state index in [2.05, 4.69) is 27.9 Å². The highest BCUT2D eigenvalue weighted by Gasteiger charge is 2.24. The lowest BCUT2D eigenvalue weighted by Gasteiger charge is -2.34. The number of thiophene rings is 1. The Bertz CT molecular complexity index is 713. The van der Waals surface area contributed by atoms with Crippen molar-refractivity contribution in [1.29, 1.82) is 0 Å². The topological polar surface area (TPSA) is 58.6 Å². The molecule has 8 heteroatoms. The molecule has 1 saturated heterocycles. The molecule has 3 heterocycles. The highest BCUT2D eigenvalue weighted by molar-refractivity contribution is 7.18. The molecule has 23 heavy (non-hydrogen) atoms. The number of halogens is 1. The lowest BCUT2D eigenvalue weighted by atomic mass is 10.2. The number of aryl methyl sites for hydroxylation is 1. The summed E-state index contributed by atoms with van der Waals surface area (Å²) >= 11 is 7.74. The SMILES string of the molecule is CCOC(=O)N1CCN(c2nc(Cl)nc3sc(CC)cc23)CC1. The molecule has 0 N–H and O–H groups in total. The van der Waals surface area contributed by atoms with Crippen molar-refractivity contribution in [3.05, 3.63) is 16.2 Å². The first-order valence-corrected chi connectivity index (χ1v) is 8.94. The second-order valence-electron chi connectivity index (χ2n) is 5.27. The van der Waals surface area contributed by atoms with Crippen molar-refractivity contribution < 1.29 is 9.53 Å². The Balaban J connectivity index is 1.81. The molecule has 0 spiro atoms. The maximum Gasteiger partial charge on any atom is 0.409 e. The maximum absolute atomic E-state index is 11.8. The van der Waals surface area contributed by atoms with Crippen molar-refractivity contribution in [3.63, 3.8) is 0 Å². The van der Waals surface area contributed by atoms with E-state index in [1.807, 2.05) is 6.92 Å². The molecule has 0 unspecified atom stereocenters. The van der Waals surface area contributed by atoms with Crippen LogP contribution in [0.15, 0.2) is 6.07 Å². The van der Waals surface area contributed by atoms with Gasteiger partial charge in [-0.15, -0.1) is 11.3 Å². The molecule has 0 atom stereocenters. The van der Waals surface area contributed by atoms with Crippen LogP contribution in [0.1, 0.15) is 18.7 Å². The number of anilines is 1. The zero-order valence-electron chi connectivity index (χ0n) is 13.2. The molecule has 1 amide bonds. The Kier molecular flexibility index (Phi) is 4.87. The fourth-order valence-corrected chi connectivity index (χ4v) is 3.84. The van der Waals surface area contributed by atoms with Crippen molar-refractivity contribution >= 4 is 45.1 Å². The van der Waals surface area contributed by atoms with E-state index in [0.717, 1.165) is 22.5 Å². The monoisotopic (exact) mass is 354 g/mol. The Labute approximate surface area is 144 Å². The van der Waals surface area contributed by atoms with Gasteiger partial charge in [0.05, 0.1) is 12.0 Å². The first-order chi connectivity index (χ1) is 11.1. The molecular weight excluding hydrogens is 336 g/mol. The molecule has 0 bridgehead atoms. The Morgan fingerprint density at radius 3 is 2.70 bits per heavy atom. The van der Waals surface area contributed by atoms with E-state index in [0.29, 0.717) is 32.8 Å². The van der Waals surface area contributed by atoms with Crippen molar-refractivity contribution in [2.45, 2.75) is 20.3 Å². The third-order valence-electron chi connectivity index (χ3n) is 3.85. The summed E-state index contributed by atoms with van der Waals surface area (Å²) < 4.78 is 5.05. The largest absolute Gasteiger partial charge is 0.450 e. The summed E-state index contributed by atoms with van der Waals surface area (Å²) in [5.74, 6) is 0.861. The van der Waals surface area contributed by atoms with Crippen LogP contribution in [0.5, 0.6) is 0 Å². The van der Waals surface area contributed by atoms with Crippen LogP contribution in [-0.4, -0.2) is 53.7 Å². The molecule has 2 aromatic rings. The molecule has 0 aliphatic carbocycles. The zero-order valence-corrected chi connectivity index (χ0v) is 14.8. The van der Waals surface area contributed by atoms with Gasteiger partial charge >= 0.3 is 6.09 Å². The van der Waals surface area contributed by atoms with Crippen LogP contribution in [0.25, 0.3) is 10.2 Å². The van der Waals surface area contributed by atoms with Gasteiger partial charge in [-0.3, -0.25) is 0 Å². The first-order valence-electron chi connectivity index (χ1n) is 7.75. The Morgan fingerprint density at radius 1 is 1.30 bits per heavy atom. The van der Waals surface area contributed by atoms with Gasteiger partial charge in [0.25, 0.3) is 0 Å². The van der Waals surface area contributed by atoms with Crippen LogP contribution >= 0.6 is 22.9 Å². The van der Waals surface area contributed by atoms with Crippen LogP contribution in [0.3, 0.4) is 0 Å².